The van der Waals surface area contributed by atoms with Gasteiger partial charge in [0, 0.05) is 13.0 Å². The third-order valence-corrected chi connectivity index (χ3v) is 1.83. The van der Waals surface area contributed by atoms with E-state index in [1.807, 2.05) is 0 Å². The van der Waals surface area contributed by atoms with E-state index in [-0.39, 0.29) is 5.91 Å². The number of amides is 1. The van der Waals surface area contributed by atoms with Gasteiger partial charge in [-0.3, -0.25) is 4.79 Å². The first-order chi connectivity index (χ1) is 5.81. The van der Waals surface area contributed by atoms with Crippen LogP contribution in [0.5, 0.6) is 0 Å². The van der Waals surface area contributed by atoms with E-state index in [4.69, 9.17) is 0 Å². The maximum Gasteiger partial charge on any atom is 0.219 e. The molecule has 0 spiro atoms. The second-order valence-corrected chi connectivity index (χ2v) is 3.16. The second-order valence-electron chi connectivity index (χ2n) is 3.16. The van der Waals surface area contributed by atoms with E-state index in [0.29, 0.717) is 6.42 Å². The Hall–Kier alpha value is -0.530. The Kier molecular flexibility index (Phi) is 8.19. The van der Waals surface area contributed by atoms with Crippen LogP contribution in [0, 0.1) is 0 Å². The summed E-state index contributed by atoms with van der Waals surface area (Å²) in [4.78, 5) is 11.1. The van der Waals surface area contributed by atoms with Crippen molar-refractivity contribution < 1.29 is 4.79 Å². The smallest absolute Gasteiger partial charge is 0.219 e. The van der Waals surface area contributed by atoms with Crippen LogP contribution in [-0.2, 0) is 4.79 Å². The molecule has 0 fully saturated rings. The van der Waals surface area contributed by atoms with Gasteiger partial charge in [0.25, 0.3) is 0 Å². The van der Waals surface area contributed by atoms with E-state index in [1.54, 1.807) is 0 Å². The van der Waals surface area contributed by atoms with Crippen LogP contribution in [0.3, 0.4) is 0 Å². The van der Waals surface area contributed by atoms with Crippen LogP contribution in [0.4, 0.5) is 0 Å². The first-order valence-electron chi connectivity index (χ1n) is 5.08. The molecule has 0 aromatic rings. The molecule has 1 N–H and O–H groups in total. The zero-order chi connectivity index (χ0) is 9.23. The number of hydrogen-bond acceptors (Lipinski definition) is 1. The van der Waals surface area contributed by atoms with Crippen LogP contribution in [-0.4, -0.2) is 12.5 Å². The molecule has 0 unspecified atom stereocenters. The van der Waals surface area contributed by atoms with Crippen LogP contribution in [0.1, 0.15) is 52.4 Å². The summed E-state index contributed by atoms with van der Waals surface area (Å²) in [6.07, 6.45) is 6.46. The first-order valence-corrected chi connectivity index (χ1v) is 5.08. The minimum atomic E-state index is 0.216. The van der Waals surface area contributed by atoms with Gasteiger partial charge in [-0.1, -0.05) is 33.1 Å². The quantitative estimate of drug-likeness (QED) is 0.586. The summed E-state index contributed by atoms with van der Waals surface area (Å²) in [5, 5.41) is 2.87. The predicted octanol–water partition coefficient (Wildman–Crippen LogP) is 2.48. The fraction of sp³-hybridized carbons (Fsp3) is 0.900. The Morgan fingerprint density at radius 2 is 1.83 bits per heavy atom. The molecule has 12 heavy (non-hydrogen) atoms. The monoisotopic (exact) mass is 171 g/mol. The van der Waals surface area contributed by atoms with Crippen LogP contribution in [0.25, 0.3) is 0 Å². The van der Waals surface area contributed by atoms with E-state index in [2.05, 4.69) is 19.2 Å². The molecule has 0 aliphatic carbocycles. The summed E-state index contributed by atoms with van der Waals surface area (Å²) in [5.74, 6) is 0.216. The Morgan fingerprint density at radius 1 is 1.08 bits per heavy atom. The van der Waals surface area contributed by atoms with Crippen molar-refractivity contribution in [2.24, 2.45) is 0 Å². The minimum Gasteiger partial charge on any atom is -0.356 e. The zero-order valence-corrected chi connectivity index (χ0v) is 8.36. The topological polar surface area (TPSA) is 29.1 Å². The molecule has 2 nitrogen and oxygen atoms in total. The van der Waals surface area contributed by atoms with Crippen molar-refractivity contribution in [1.82, 2.24) is 5.32 Å². The lowest BCUT2D eigenvalue weighted by Gasteiger charge is -2.02. The van der Waals surface area contributed by atoms with Crippen LogP contribution >= 0.6 is 0 Å². The van der Waals surface area contributed by atoms with E-state index < -0.39 is 0 Å². The zero-order valence-electron chi connectivity index (χ0n) is 8.36. The van der Waals surface area contributed by atoms with Gasteiger partial charge in [-0.15, -0.1) is 0 Å². The summed E-state index contributed by atoms with van der Waals surface area (Å²) >= 11 is 0. The van der Waals surface area contributed by atoms with Crippen molar-refractivity contribution in [2.75, 3.05) is 6.54 Å². The molecule has 0 aliphatic heterocycles. The molecule has 0 radical (unpaired) electrons. The molecule has 0 aromatic heterocycles. The van der Waals surface area contributed by atoms with Crippen molar-refractivity contribution in [3.63, 3.8) is 0 Å². The second kappa shape index (κ2) is 8.57. The van der Waals surface area contributed by atoms with Crippen molar-refractivity contribution in [3.05, 3.63) is 0 Å². The lowest BCUT2D eigenvalue weighted by molar-refractivity contribution is -0.121. The van der Waals surface area contributed by atoms with Crippen LogP contribution in [0.2, 0.25) is 0 Å². The van der Waals surface area contributed by atoms with Crippen LogP contribution in [0.15, 0.2) is 0 Å². The van der Waals surface area contributed by atoms with Gasteiger partial charge < -0.3 is 5.32 Å². The molecule has 0 aliphatic rings. The molecule has 0 aromatic carbocycles. The number of nitrogens with one attached hydrogen (secondary N) is 1. The Bertz CT molecular complexity index is 112. The lowest BCUT2D eigenvalue weighted by atomic mass is 10.1. The van der Waals surface area contributed by atoms with Gasteiger partial charge in [0.2, 0.25) is 5.91 Å². The normalized spacial score (nSPS) is 9.83. The maximum absolute atomic E-state index is 11.1. The van der Waals surface area contributed by atoms with Gasteiger partial charge in [-0.25, -0.2) is 0 Å². The van der Waals surface area contributed by atoms with E-state index >= 15 is 0 Å². The summed E-state index contributed by atoms with van der Waals surface area (Å²) < 4.78 is 0. The van der Waals surface area contributed by atoms with Gasteiger partial charge in [0.1, 0.15) is 0 Å². The third kappa shape index (κ3) is 7.58. The predicted molar refractivity (Wildman–Crippen MR) is 52.1 cm³/mol. The summed E-state index contributed by atoms with van der Waals surface area (Å²) in [6, 6.07) is 0. The van der Waals surface area contributed by atoms with E-state index in [9.17, 15) is 4.79 Å². The summed E-state index contributed by atoms with van der Waals surface area (Å²) in [7, 11) is 0. The van der Waals surface area contributed by atoms with E-state index in [0.717, 1.165) is 19.4 Å². The van der Waals surface area contributed by atoms with E-state index in [1.165, 1.54) is 19.3 Å². The Morgan fingerprint density at radius 3 is 2.42 bits per heavy atom. The highest BCUT2D eigenvalue weighted by Crippen LogP contribution is 2.01. The number of hydrogen-bond donors (Lipinski definition) is 1. The van der Waals surface area contributed by atoms with Crippen molar-refractivity contribution >= 4 is 5.91 Å². The average Bonchev–Trinajstić information content (AvgIpc) is 2.09. The molecule has 0 atom stereocenters. The van der Waals surface area contributed by atoms with Gasteiger partial charge in [0.05, 0.1) is 0 Å². The fourth-order valence-corrected chi connectivity index (χ4v) is 1.07. The summed E-state index contributed by atoms with van der Waals surface area (Å²) in [6.45, 7) is 5.07. The van der Waals surface area contributed by atoms with Crippen molar-refractivity contribution in [2.45, 2.75) is 52.4 Å². The molecule has 2 heteroatoms. The average molecular weight is 171 g/mol. The van der Waals surface area contributed by atoms with Gasteiger partial charge in [0.15, 0.2) is 0 Å². The molecular formula is C10H21NO. The molecule has 0 bridgehead atoms. The molecule has 0 heterocycles. The highest BCUT2D eigenvalue weighted by molar-refractivity contribution is 5.75. The highest BCUT2D eigenvalue weighted by Gasteiger charge is 1.97. The largest absolute Gasteiger partial charge is 0.356 e. The van der Waals surface area contributed by atoms with Gasteiger partial charge in [-0.05, 0) is 12.8 Å². The molecule has 0 rings (SSSR count). The number of carbonyl (C=O) groups excluding carboxylic acids is 1. The Labute approximate surface area is 75.7 Å². The SMILES string of the molecule is CCCCCCC(=O)NCCC. The van der Waals surface area contributed by atoms with Crippen molar-refractivity contribution in [3.8, 4) is 0 Å². The molecule has 0 saturated carbocycles. The first kappa shape index (κ1) is 11.5. The summed E-state index contributed by atoms with van der Waals surface area (Å²) in [5.41, 5.74) is 0. The third-order valence-electron chi connectivity index (χ3n) is 1.83. The van der Waals surface area contributed by atoms with Crippen molar-refractivity contribution in [1.29, 1.82) is 0 Å². The molecular weight excluding hydrogens is 150 g/mol. The maximum atomic E-state index is 11.1. The molecule has 1 amide bonds. The number of carbonyl (C=O) groups is 1. The van der Waals surface area contributed by atoms with Gasteiger partial charge >= 0.3 is 0 Å². The number of unbranched alkanes of at least 4 members (excludes halogenated alkanes) is 3. The molecule has 72 valence electrons. The van der Waals surface area contributed by atoms with Gasteiger partial charge in [-0.2, -0.15) is 0 Å². The molecule has 0 saturated heterocycles. The lowest BCUT2D eigenvalue weighted by Crippen LogP contribution is -2.23. The van der Waals surface area contributed by atoms with Crippen LogP contribution < -0.4 is 5.32 Å². The standard InChI is InChI=1S/C10H21NO/c1-3-5-6-7-8-10(12)11-9-4-2/h3-9H2,1-2H3,(H,11,12). The Balaban J connectivity index is 3.08. The number of rotatable bonds is 7. The minimum absolute atomic E-state index is 0.216. The fourth-order valence-electron chi connectivity index (χ4n) is 1.07. The highest BCUT2D eigenvalue weighted by atomic mass is 16.1.